The number of hydrogen-bond acceptors (Lipinski definition) is 5. The normalized spacial score (nSPS) is 11.9. The Morgan fingerprint density at radius 2 is 1.76 bits per heavy atom. The number of hydrogen-bond donors (Lipinski definition) is 6. The number of aliphatic carboxylic acids is 2. The average Bonchev–Trinajstić information content (AvgIpc) is 3.21. The summed E-state index contributed by atoms with van der Waals surface area (Å²) in [6.45, 7) is 1.86. The summed E-state index contributed by atoms with van der Waals surface area (Å²) in [7, 11) is 0. The molecule has 0 fully saturated rings. The van der Waals surface area contributed by atoms with E-state index in [2.05, 4.69) is 9.97 Å². The van der Waals surface area contributed by atoms with Gasteiger partial charge in [-0.2, -0.15) is 0 Å². The molecule has 4 aromatic rings. The number of phenolic OH excluding ortho intramolecular Hbond substituents is 1. The SMILES string of the molecule is Cc1ccccc1-c1cc([C@@H](CC(=O)O)C(=O)O)cc(-c2nc3ccc(C(=N)N)cc3[nH]2)c1O. The monoisotopic (exact) mass is 458 g/mol. The number of aromatic amines is 1. The van der Waals surface area contributed by atoms with Crippen LogP contribution in [0.5, 0.6) is 5.75 Å². The lowest BCUT2D eigenvalue weighted by Gasteiger charge is -2.17. The molecule has 34 heavy (non-hydrogen) atoms. The van der Waals surface area contributed by atoms with Gasteiger partial charge in [-0.15, -0.1) is 0 Å². The second kappa shape index (κ2) is 8.70. The van der Waals surface area contributed by atoms with Crippen LogP contribution >= 0.6 is 0 Å². The van der Waals surface area contributed by atoms with E-state index in [4.69, 9.17) is 11.1 Å². The number of benzene rings is 3. The maximum Gasteiger partial charge on any atom is 0.311 e. The fourth-order valence-corrected chi connectivity index (χ4v) is 3.95. The molecule has 0 radical (unpaired) electrons. The van der Waals surface area contributed by atoms with Crippen LogP contribution in [-0.2, 0) is 9.59 Å². The zero-order valence-electron chi connectivity index (χ0n) is 18.2. The lowest BCUT2D eigenvalue weighted by Crippen LogP contribution is -2.16. The van der Waals surface area contributed by atoms with Crippen LogP contribution in [0.25, 0.3) is 33.5 Å². The summed E-state index contributed by atoms with van der Waals surface area (Å²) >= 11 is 0. The van der Waals surface area contributed by atoms with Gasteiger partial charge in [-0.05, 0) is 53.9 Å². The Balaban J connectivity index is 1.98. The molecule has 0 amide bonds. The molecule has 7 N–H and O–H groups in total. The Morgan fingerprint density at radius 1 is 1.06 bits per heavy atom. The molecule has 1 atom stereocenters. The van der Waals surface area contributed by atoms with Crippen LogP contribution in [-0.4, -0.2) is 43.1 Å². The molecule has 0 saturated carbocycles. The topological polar surface area (TPSA) is 173 Å². The summed E-state index contributed by atoms with van der Waals surface area (Å²) in [6.07, 6.45) is -0.616. The van der Waals surface area contributed by atoms with Gasteiger partial charge in [0.05, 0.1) is 28.9 Å². The van der Waals surface area contributed by atoms with Gasteiger partial charge in [-0.1, -0.05) is 24.3 Å². The number of phenols is 1. The second-order valence-corrected chi connectivity index (χ2v) is 8.00. The van der Waals surface area contributed by atoms with E-state index in [9.17, 15) is 24.9 Å². The summed E-state index contributed by atoms with van der Waals surface area (Å²) in [5, 5.41) is 37.9. The molecule has 172 valence electrons. The highest BCUT2D eigenvalue weighted by molar-refractivity contribution is 5.98. The minimum Gasteiger partial charge on any atom is -0.507 e. The number of amidine groups is 1. The molecular formula is C25H22N4O5. The molecule has 0 aliphatic heterocycles. The molecule has 0 spiro atoms. The number of aromatic hydroxyl groups is 1. The molecule has 0 bridgehead atoms. The van der Waals surface area contributed by atoms with Crippen molar-refractivity contribution in [2.45, 2.75) is 19.3 Å². The van der Waals surface area contributed by atoms with Gasteiger partial charge in [-0.3, -0.25) is 15.0 Å². The number of imidazole rings is 1. The van der Waals surface area contributed by atoms with Crippen LogP contribution < -0.4 is 5.73 Å². The number of aromatic nitrogens is 2. The van der Waals surface area contributed by atoms with E-state index in [1.165, 1.54) is 12.1 Å². The fraction of sp³-hybridized carbons (Fsp3) is 0.120. The highest BCUT2D eigenvalue weighted by Crippen LogP contribution is 2.42. The maximum atomic E-state index is 11.9. The van der Waals surface area contributed by atoms with Crippen molar-refractivity contribution in [3.63, 3.8) is 0 Å². The summed E-state index contributed by atoms with van der Waals surface area (Å²) in [5.74, 6) is -3.82. The molecule has 0 saturated heterocycles. The van der Waals surface area contributed by atoms with E-state index in [-0.39, 0.29) is 28.5 Å². The van der Waals surface area contributed by atoms with Crippen molar-refractivity contribution in [3.05, 3.63) is 71.3 Å². The van der Waals surface area contributed by atoms with Crippen molar-refractivity contribution in [1.82, 2.24) is 9.97 Å². The highest BCUT2D eigenvalue weighted by Gasteiger charge is 2.27. The summed E-state index contributed by atoms with van der Waals surface area (Å²) in [5.41, 5.74) is 9.55. The highest BCUT2D eigenvalue weighted by atomic mass is 16.4. The van der Waals surface area contributed by atoms with Gasteiger partial charge in [0.1, 0.15) is 17.4 Å². The fourth-order valence-electron chi connectivity index (χ4n) is 3.95. The minimum atomic E-state index is -1.33. The number of nitrogens with two attached hydrogens (primary N) is 1. The van der Waals surface area contributed by atoms with Gasteiger partial charge < -0.3 is 26.0 Å². The standard InChI is InChI=1S/C25H22N4O5/c1-12-4-2-3-5-15(12)17-8-14(16(25(33)34)11-21(30)31)9-18(22(17)32)24-28-19-7-6-13(23(26)27)10-20(19)29-24/h2-10,16,32H,11H2,1H3,(H3,26,27)(H,28,29)(H,30,31)(H,33,34)/t16-/m1/s1. The zero-order chi connectivity index (χ0) is 24.6. The number of H-pyrrole nitrogens is 1. The van der Waals surface area contributed by atoms with Crippen molar-refractivity contribution in [3.8, 4) is 28.3 Å². The molecule has 0 aliphatic carbocycles. The third-order valence-corrected chi connectivity index (χ3v) is 5.69. The molecule has 0 unspecified atom stereocenters. The van der Waals surface area contributed by atoms with E-state index in [0.29, 0.717) is 27.7 Å². The Labute approximate surface area is 194 Å². The number of nitrogen functional groups attached to an aromatic ring is 1. The summed E-state index contributed by atoms with van der Waals surface area (Å²) in [6, 6.07) is 15.2. The predicted octanol–water partition coefficient (Wildman–Crippen LogP) is 3.84. The molecule has 1 aromatic heterocycles. The third-order valence-electron chi connectivity index (χ3n) is 5.69. The molecule has 0 aliphatic rings. The number of carboxylic acid groups (broad SMARTS) is 2. The second-order valence-electron chi connectivity index (χ2n) is 8.00. The first-order chi connectivity index (χ1) is 16.2. The smallest absolute Gasteiger partial charge is 0.311 e. The van der Waals surface area contributed by atoms with Gasteiger partial charge in [0.25, 0.3) is 0 Å². The van der Waals surface area contributed by atoms with E-state index in [1.54, 1.807) is 30.3 Å². The van der Waals surface area contributed by atoms with E-state index >= 15 is 0 Å². The van der Waals surface area contributed by atoms with Crippen LogP contribution in [0.1, 0.15) is 29.0 Å². The lowest BCUT2D eigenvalue weighted by molar-refractivity contribution is -0.145. The van der Waals surface area contributed by atoms with Crippen LogP contribution in [0.2, 0.25) is 0 Å². The quantitative estimate of drug-likeness (QED) is 0.180. The van der Waals surface area contributed by atoms with Crippen molar-refractivity contribution in [1.29, 1.82) is 5.41 Å². The third kappa shape index (κ3) is 4.18. The van der Waals surface area contributed by atoms with Gasteiger partial charge in [0.15, 0.2) is 0 Å². The van der Waals surface area contributed by atoms with Crippen LogP contribution in [0, 0.1) is 12.3 Å². The first-order valence-corrected chi connectivity index (χ1v) is 10.4. The number of nitrogens with one attached hydrogen (secondary N) is 2. The zero-order valence-corrected chi connectivity index (χ0v) is 18.2. The van der Waals surface area contributed by atoms with Crippen molar-refractivity contribution in [2.24, 2.45) is 5.73 Å². The molecule has 9 heteroatoms. The maximum absolute atomic E-state index is 11.9. The van der Waals surface area contributed by atoms with Crippen molar-refractivity contribution >= 4 is 28.8 Å². The van der Waals surface area contributed by atoms with Crippen LogP contribution in [0.4, 0.5) is 0 Å². The van der Waals surface area contributed by atoms with E-state index in [1.807, 2.05) is 19.1 Å². The van der Waals surface area contributed by atoms with Gasteiger partial charge >= 0.3 is 11.9 Å². The van der Waals surface area contributed by atoms with Gasteiger partial charge in [0.2, 0.25) is 0 Å². The number of rotatable bonds is 7. The Bertz CT molecular complexity index is 1460. The summed E-state index contributed by atoms with van der Waals surface area (Å²) in [4.78, 5) is 30.9. The first-order valence-electron chi connectivity index (χ1n) is 10.4. The number of nitrogens with zero attached hydrogens (tertiary/aromatic N) is 1. The Morgan fingerprint density at radius 3 is 2.41 bits per heavy atom. The lowest BCUT2D eigenvalue weighted by atomic mass is 9.88. The van der Waals surface area contributed by atoms with Crippen LogP contribution in [0.15, 0.2) is 54.6 Å². The van der Waals surface area contributed by atoms with Crippen molar-refractivity contribution < 1.29 is 24.9 Å². The molecule has 3 aromatic carbocycles. The number of carboxylic acids is 2. The molecule has 1 heterocycles. The minimum absolute atomic E-state index is 0.109. The van der Waals surface area contributed by atoms with E-state index < -0.39 is 24.3 Å². The Hall–Kier alpha value is -4.66. The molecule has 9 nitrogen and oxygen atoms in total. The molecule has 4 rings (SSSR count). The Kier molecular flexibility index (Phi) is 5.77. The van der Waals surface area contributed by atoms with E-state index in [0.717, 1.165) is 5.56 Å². The first kappa shape index (κ1) is 22.5. The summed E-state index contributed by atoms with van der Waals surface area (Å²) < 4.78 is 0. The largest absolute Gasteiger partial charge is 0.507 e. The number of carbonyl (C=O) groups is 2. The van der Waals surface area contributed by atoms with Crippen LogP contribution in [0.3, 0.4) is 0 Å². The van der Waals surface area contributed by atoms with Gasteiger partial charge in [0, 0.05) is 11.1 Å². The van der Waals surface area contributed by atoms with Crippen molar-refractivity contribution in [2.75, 3.05) is 0 Å². The molecular weight excluding hydrogens is 436 g/mol. The predicted molar refractivity (Wildman–Crippen MR) is 127 cm³/mol. The number of aryl methyl sites for hydroxylation is 1. The average molecular weight is 458 g/mol. The van der Waals surface area contributed by atoms with Gasteiger partial charge in [-0.25, -0.2) is 4.98 Å². The number of fused-ring (bicyclic) bond motifs is 1.